The molecule has 0 spiro atoms. The third-order valence-electron chi connectivity index (χ3n) is 3.01. The fourth-order valence-corrected chi connectivity index (χ4v) is 2.29. The zero-order chi connectivity index (χ0) is 10.5. The number of aliphatic imine (C=N–C) groups is 2. The first-order valence-corrected chi connectivity index (χ1v) is 5.26. The van der Waals surface area contributed by atoms with Gasteiger partial charge >= 0.3 is 0 Å². The van der Waals surface area contributed by atoms with Crippen molar-refractivity contribution >= 4 is 11.7 Å². The van der Waals surface area contributed by atoms with Crippen LogP contribution in [0.1, 0.15) is 13.8 Å². The van der Waals surface area contributed by atoms with Crippen LogP contribution in [-0.2, 0) is 0 Å². The van der Waals surface area contributed by atoms with Crippen LogP contribution in [0.25, 0.3) is 0 Å². The maximum Gasteiger partial charge on any atom is 0.135 e. The van der Waals surface area contributed by atoms with Crippen LogP contribution in [0.4, 0.5) is 0 Å². The van der Waals surface area contributed by atoms with Gasteiger partial charge in [-0.2, -0.15) is 0 Å². The van der Waals surface area contributed by atoms with Crippen molar-refractivity contribution in [3.8, 4) is 0 Å². The normalized spacial score (nSPS) is 27.1. The Morgan fingerprint density at radius 2 is 1.40 bits per heavy atom. The summed E-state index contributed by atoms with van der Waals surface area (Å²) in [7, 11) is 0. The van der Waals surface area contributed by atoms with Crippen LogP contribution >= 0.6 is 0 Å². The summed E-state index contributed by atoms with van der Waals surface area (Å²) in [5.74, 6) is 1.99. The highest BCUT2D eigenvalue weighted by Crippen LogP contribution is 2.31. The molecule has 0 amide bonds. The molecule has 3 heterocycles. The summed E-state index contributed by atoms with van der Waals surface area (Å²) in [6, 6.07) is 0. The first-order chi connectivity index (χ1) is 7.19. The number of fused-ring (bicyclic) bond motifs is 2. The Kier molecular flexibility index (Phi) is 1.63. The van der Waals surface area contributed by atoms with E-state index in [2.05, 4.69) is 34.3 Å². The Hall–Kier alpha value is -1.46. The zero-order valence-corrected chi connectivity index (χ0v) is 9.01. The van der Waals surface area contributed by atoms with Crippen molar-refractivity contribution in [3.05, 3.63) is 0 Å². The molecule has 6 heteroatoms. The quantitative estimate of drug-likeness (QED) is 0.587. The van der Waals surface area contributed by atoms with Crippen LogP contribution in [0.2, 0.25) is 0 Å². The minimum atomic E-state index is -0.170. The van der Waals surface area contributed by atoms with E-state index in [0.29, 0.717) is 0 Å². The van der Waals surface area contributed by atoms with Crippen molar-refractivity contribution in [3.63, 3.8) is 0 Å². The number of hydrogen-bond donors (Lipinski definition) is 0. The van der Waals surface area contributed by atoms with Crippen LogP contribution < -0.4 is 0 Å². The van der Waals surface area contributed by atoms with E-state index in [9.17, 15) is 0 Å². The lowest BCUT2D eigenvalue weighted by Gasteiger charge is -2.27. The molecular weight excluding hydrogens is 192 g/mol. The topological polar surface area (TPSA) is 55.9 Å². The molecular formula is C9H14N6. The highest BCUT2D eigenvalue weighted by molar-refractivity contribution is 6.10. The predicted octanol–water partition coefficient (Wildman–Crippen LogP) is 0.737. The van der Waals surface area contributed by atoms with Crippen molar-refractivity contribution in [2.24, 2.45) is 25.8 Å². The largest absolute Gasteiger partial charge is 0.268 e. The second kappa shape index (κ2) is 2.77. The van der Waals surface area contributed by atoms with E-state index in [-0.39, 0.29) is 5.41 Å². The van der Waals surface area contributed by atoms with Gasteiger partial charge < -0.3 is 0 Å². The van der Waals surface area contributed by atoms with Gasteiger partial charge in [-0.15, -0.1) is 0 Å². The molecule has 0 radical (unpaired) electrons. The van der Waals surface area contributed by atoms with Crippen LogP contribution in [0, 0.1) is 5.41 Å². The first kappa shape index (κ1) is 8.82. The van der Waals surface area contributed by atoms with E-state index in [1.165, 1.54) is 0 Å². The van der Waals surface area contributed by atoms with Gasteiger partial charge in [-0.1, -0.05) is 0 Å². The smallest absolute Gasteiger partial charge is 0.135 e. The Bertz CT molecular complexity index is 346. The molecule has 0 N–H and O–H groups in total. The molecule has 0 aromatic rings. The molecule has 6 nitrogen and oxygen atoms in total. The fourth-order valence-electron chi connectivity index (χ4n) is 2.29. The maximum absolute atomic E-state index is 4.51. The second-order valence-electron chi connectivity index (χ2n) is 4.46. The van der Waals surface area contributed by atoms with Crippen molar-refractivity contribution in [2.45, 2.75) is 13.8 Å². The second-order valence-corrected chi connectivity index (χ2v) is 4.46. The summed E-state index contributed by atoms with van der Waals surface area (Å²) in [6.45, 7) is 7.57. The summed E-state index contributed by atoms with van der Waals surface area (Å²) in [5, 5.41) is 12.2. The van der Waals surface area contributed by atoms with Crippen molar-refractivity contribution < 1.29 is 0 Å². The molecule has 0 aromatic carbocycles. The highest BCUT2D eigenvalue weighted by atomic mass is 15.7. The highest BCUT2D eigenvalue weighted by Gasteiger charge is 2.43. The van der Waals surface area contributed by atoms with Crippen LogP contribution in [0.5, 0.6) is 0 Å². The first-order valence-electron chi connectivity index (χ1n) is 5.26. The Balaban J connectivity index is 2.09. The lowest BCUT2D eigenvalue weighted by atomic mass is 9.89. The van der Waals surface area contributed by atoms with E-state index < -0.39 is 0 Å². The van der Waals surface area contributed by atoms with Gasteiger partial charge in [-0.25, -0.2) is 10.0 Å². The average molecular weight is 206 g/mol. The van der Waals surface area contributed by atoms with Gasteiger partial charge in [-0.3, -0.25) is 9.98 Å². The lowest BCUT2D eigenvalue weighted by Crippen LogP contribution is -2.42. The van der Waals surface area contributed by atoms with Gasteiger partial charge in [-0.05, 0) is 24.3 Å². The predicted molar refractivity (Wildman–Crippen MR) is 56.7 cm³/mol. The molecule has 15 heavy (non-hydrogen) atoms. The minimum Gasteiger partial charge on any atom is -0.268 e. The molecule has 0 bridgehead atoms. The average Bonchev–Trinajstić information content (AvgIpc) is 2.82. The molecule has 0 aliphatic carbocycles. The molecule has 0 unspecified atom stereocenters. The van der Waals surface area contributed by atoms with E-state index >= 15 is 0 Å². The van der Waals surface area contributed by atoms with E-state index in [4.69, 9.17) is 0 Å². The molecule has 3 rings (SSSR count). The van der Waals surface area contributed by atoms with Crippen LogP contribution in [-0.4, -0.2) is 47.9 Å². The Morgan fingerprint density at radius 3 is 1.87 bits per heavy atom. The van der Waals surface area contributed by atoms with Crippen molar-refractivity contribution in [2.75, 3.05) is 26.2 Å². The molecule has 0 saturated carbocycles. The monoisotopic (exact) mass is 206 g/mol. The van der Waals surface area contributed by atoms with Gasteiger partial charge in [0.2, 0.25) is 0 Å². The maximum atomic E-state index is 4.51. The van der Waals surface area contributed by atoms with E-state index in [0.717, 1.165) is 37.9 Å². The van der Waals surface area contributed by atoms with Gasteiger partial charge in [0.05, 0.1) is 31.6 Å². The summed E-state index contributed by atoms with van der Waals surface area (Å²) in [5.41, 5.74) is -0.170. The molecule has 0 aromatic heterocycles. The number of nitrogens with zero attached hydrogens (tertiary/aromatic N) is 6. The van der Waals surface area contributed by atoms with Crippen molar-refractivity contribution in [1.29, 1.82) is 0 Å². The SMILES string of the molecule is CC1(C)C2=NCCN2N=NN2CCN=C21. The molecule has 3 aliphatic rings. The number of amidine groups is 2. The molecule has 3 aliphatic heterocycles. The summed E-state index contributed by atoms with van der Waals surface area (Å²) >= 11 is 0. The molecule has 0 saturated heterocycles. The lowest BCUT2D eigenvalue weighted by molar-refractivity contribution is 0.372. The molecule has 80 valence electrons. The third kappa shape index (κ3) is 1.10. The van der Waals surface area contributed by atoms with Crippen LogP contribution in [0.3, 0.4) is 0 Å². The Labute approximate surface area is 88.3 Å². The summed E-state index contributed by atoms with van der Waals surface area (Å²) < 4.78 is 0. The van der Waals surface area contributed by atoms with Crippen LogP contribution in [0.15, 0.2) is 20.4 Å². The number of hydrogen-bond acceptors (Lipinski definition) is 6. The van der Waals surface area contributed by atoms with Crippen molar-refractivity contribution in [1.82, 2.24) is 10.0 Å². The zero-order valence-electron chi connectivity index (χ0n) is 9.01. The summed E-state index contributed by atoms with van der Waals surface area (Å²) in [6.07, 6.45) is 0. The molecule has 0 fully saturated rings. The fraction of sp³-hybridized carbons (Fsp3) is 0.778. The standard InChI is InChI=1S/C9H14N6/c1-9(2)7-10-3-5-14(7)12-13-15-6-4-11-8(9)15/h3-6H2,1-2H3. The van der Waals surface area contributed by atoms with Gasteiger partial charge in [0.15, 0.2) is 0 Å². The third-order valence-corrected chi connectivity index (χ3v) is 3.01. The summed E-state index contributed by atoms with van der Waals surface area (Å²) in [4.78, 5) is 9.02. The molecule has 0 atom stereocenters. The number of rotatable bonds is 0. The van der Waals surface area contributed by atoms with Gasteiger partial charge in [0.25, 0.3) is 0 Å². The van der Waals surface area contributed by atoms with E-state index in [1.54, 1.807) is 0 Å². The minimum absolute atomic E-state index is 0.170. The van der Waals surface area contributed by atoms with Gasteiger partial charge in [0.1, 0.15) is 11.7 Å². The van der Waals surface area contributed by atoms with Gasteiger partial charge in [0, 0.05) is 0 Å². The Morgan fingerprint density at radius 1 is 0.933 bits per heavy atom. The van der Waals surface area contributed by atoms with E-state index in [1.807, 2.05) is 10.0 Å².